The van der Waals surface area contributed by atoms with Crippen molar-refractivity contribution in [2.45, 2.75) is 65.9 Å². The van der Waals surface area contributed by atoms with Crippen LogP contribution in [0, 0.1) is 40.9 Å². The van der Waals surface area contributed by atoms with Gasteiger partial charge in [-0.25, -0.2) is 4.79 Å². The number of hydrogen-bond donors (Lipinski definition) is 2. The van der Waals surface area contributed by atoms with E-state index in [0.29, 0.717) is 41.2 Å². The van der Waals surface area contributed by atoms with Crippen LogP contribution in [0.1, 0.15) is 75.9 Å². The highest BCUT2D eigenvalue weighted by atomic mass is 16.5. The van der Waals surface area contributed by atoms with Crippen molar-refractivity contribution in [3.05, 3.63) is 59.2 Å². The number of phenols is 1. The average molecular weight is 504 g/mol. The monoisotopic (exact) mass is 503 g/mol. The van der Waals surface area contributed by atoms with Gasteiger partial charge < -0.3 is 14.9 Å². The van der Waals surface area contributed by atoms with Crippen molar-refractivity contribution in [2.75, 3.05) is 6.61 Å². The van der Waals surface area contributed by atoms with Crippen molar-refractivity contribution in [2.24, 2.45) is 45.9 Å². The number of esters is 1. The first kappa shape index (κ1) is 26.0. The highest BCUT2D eigenvalue weighted by Gasteiger charge is 2.79. The van der Waals surface area contributed by atoms with E-state index in [4.69, 9.17) is 4.74 Å². The van der Waals surface area contributed by atoms with E-state index in [1.165, 1.54) is 0 Å². The quantitative estimate of drug-likeness (QED) is 0.359. The SMILES string of the molecule is CC1CC[C@@H](C)C2(C)C3C(COC(=O)c4ccccc4N=Cc4cccc(C(C)(C)C)c4O)C(C1O)C32. The van der Waals surface area contributed by atoms with Crippen molar-refractivity contribution in [1.82, 2.24) is 0 Å². The van der Waals surface area contributed by atoms with Gasteiger partial charge in [0.1, 0.15) is 5.75 Å². The van der Waals surface area contributed by atoms with E-state index in [0.717, 1.165) is 18.4 Å². The Labute approximate surface area is 221 Å². The van der Waals surface area contributed by atoms with Gasteiger partial charge in [-0.2, -0.15) is 0 Å². The molecule has 0 spiro atoms. The molecular weight excluding hydrogens is 462 g/mol. The number of aliphatic hydroxyl groups excluding tert-OH is 1. The summed E-state index contributed by atoms with van der Waals surface area (Å²) in [7, 11) is 0. The summed E-state index contributed by atoms with van der Waals surface area (Å²) in [4.78, 5) is 17.8. The molecule has 3 aliphatic rings. The van der Waals surface area contributed by atoms with Gasteiger partial charge in [-0.3, -0.25) is 4.99 Å². The van der Waals surface area contributed by atoms with E-state index in [2.05, 4.69) is 46.5 Å². The average Bonchev–Trinajstić information content (AvgIpc) is 3.38. The molecule has 3 saturated carbocycles. The zero-order valence-electron chi connectivity index (χ0n) is 22.9. The van der Waals surface area contributed by atoms with E-state index < -0.39 is 5.97 Å². The fourth-order valence-electron chi connectivity index (χ4n) is 7.47. The van der Waals surface area contributed by atoms with Crippen LogP contribution in [-0.4, -0.2) is 35.1 Å². The molecule has 198 valence electrons. The summed E-state index contributed by atoms with van der Waals surface area (Å²) in [5, 5.41) is 21.9. The summed E-state index contributed by atoms with van der Waals surface area (Å²) in [5.41, 5.74) is 2.42. The number of aliphatic imine (C=N–C) groups is 1. The standard InChI is InChI=1S/C32H41NO4/c1-18-14-15-19(2)32(6)26-22(25(27(26)32)28(18)34)17-37-30(36)21-11-7-8-13-24(21)33-16-20-10-9-12-23(29(20)35)31(3,4)5/h7-13,16,18-19,22,25-28,34-35H,14-15,17H2,1-6H3/t18?,19-,22?,25?,26?,27?,28?,32?/m1/s1. The van der Waals surface area contributed by atoms with Crippen LogP contribution in [0.25, 0.3) is 0 Å². The number of fused-ring (bicyclic) bond motifs is 1. The van der Waals surface area contributed by atoms with Crippen LogP contribution < -0.4 is 0 Å². The van der Waals surface area contributed by atoms with Gasteiger partial charge in [0.2, 0.25) is 0 Å². The fourth-order valence-corrected chi connectivity index (χ4v) is 7.47. The maximum absolute atomic E-state index is 13.2. The first-order chi connectivity index (χ1) is 17.5. The molecular formula is C32H41NO4. The Morgan fingerprint density at radius 3 is 2.57 bits per heavy atom. The Bertz CT molecular complexity index is 1210. The van der Waals surface area contributed by atoms with Crippen LogP contribution in [0.5, 0.6) is 5.75 Å². The molecule has 0 amide bonds. The van der Waals surface area contributed by atoms with Gasteiger partial charge >= 0.3 is 5.97 Å². The van der Waals surface area contributed by atoms with Crippen molar-refractivity contribution in [3.8, 4) is 5.75 Å². The number of phenolic OH excluding ortho intramolecular Hbond substituents is 1. The van der Waals surface area contributed by atoms with Crippen molar-refractivity contribution in [1.29, 1.82) is 0 Å². The van der Waals surface area contributed by atoms with Gasteiger partial charge in [0.25, 0.3) is 0 Å². The second-order valence-electron chi connectivity index (χ2n) is 13.0. The minimum atomic E-state index is -0.393. The number of benzene rings is 2. The summed E-state index contributed by atoms with van der Waals surface area (Å²) in [6.45, 7) is 13.4. The third-order valence-electron chi connectivity index (χ3n) is 9.93. The van der Waals surface area contributed by atoms with E-state index in [-0.39, 0.29) is 40.4 Å². The smallest absolute Gasteiger partial charge is 0.340 e. The first-order valence-electron chi connectivity index (χ1n) is 13.8. The Kier molecular flexibility index (Phi) is 6.50. The lowest BCUT2D eigenvalue weighted by Crippen LogP contribution is -2.44. The third kappa shape index (κ3) is 4.29. The molecule has 7 unspecified atom stereocenters. The van der Waals surface area contributed by atoms with Crippen LogP contribution >= 0.6 is 0 Å². The summed E-state index contributed by atoms with van der Waals surface area (Å²) in [6.07, 6.45) is 3.49. The lowest BCUT2D eigenvalue weighted by Gasteiger charge is -2.41. The molecule has 0 heterocycles. The third-order valence-corrected chi connectivity index (χ3v) is 9.93. The van der Waals surface area contributed by atoms with Crippen LogP contribution in [0.3, 0.4) is 0 Å². The van der Waals surface area contributed by atoms with Gasteiger partial charge in [-0.1, -0.05) is 65.8 Å². The lowest BCUT2D eigenvalue weighted by atomic mass is 9.67. The molecule has 0 bridgehead atoms. The number of aliphatic hydroxyl groups is 1. The summed E-state index contributed by atoms with van der Waals surface area (Å²) in [6, 6.07) is 12.8. The maximum atomic E-state index is 13.2. The number of hydrogen-bond acceptors (Lipinski definition) is 5. The molecule has 5 nitrogen and oxygen atoms in total. The molecule has 0 aliphatic heterocycles. The Morgan fingerprint density at radius 1 is 1.11 bits per heavy atom. The fraction of sp³-hybridized carbons (Fsp3) is 0.562. The number of carbonyl (C=O) groups is 1. The second-order valence-corrected chi connectivity index (χ2v) is 13.0. The number of nitrogens with zero attached hydrogens (tertiary/aromatic N) is 1. The molecule has 8 atom stereocenters. The minimum absolute atomic E-state index is 0.200. The predicted octanol–water partition coefficient (Wildman–Crippen LogP) is 6.52. The zero-order valence-corrected chi connectivity index (χ0v) is 22.9. The normalized spacial score (nSPS) is 34.7. The van der Waals surface area contributed by atoms with Crippen LogP contribution in [0.15, 0.2) is 47.5 Å². The molecule has 0 radical (unpaired) electrons. The molecule has 3 fully saturated rings. The number of carbonyl (C=O) groups excluding carboxylic acids is 1. The van der Waals surface area contributed by atoms with Crippen molar-refractivity contribution < 1.29 is 19.7 Å². The molecule has 37 heavy (non-hydrogen) atoms. The highest BCUT2D eigenvalue weighted by Crippen LogP contribution is 2.80. The Hall–Kier alpha value is -2.66. The molecule has 0 aromatic heterocycles. The Morgan fingerprint density at radius 2 is 1.84 bits per heavy atom. The topological polar surface area (TPSA) is 79.1 Å². The van der Waals surface area contributed by atoms with Gasteiger partial charge in [0.05, 0.1) is 24.0 Å². The number of para-hydroxylation sites is 2. The molecule has 5 heteroatoms. The number of aromatic hydroxyl groups is 1. The Balaban J connectivity index is 1.31. The van der Waals surface area contributed by atoms with Gasteiger partial charge in [-0.15, -0.1) is 0 Å². The van der Waals surface area contributed by atoms with E-state index >= 15 is 0 Å². The van der Waals surface area contributed by atoms with Crippen molar-refractivity contribution >= 4 is 17.9 Å². The van der Waals surface area contributed by atoms with E-state index in [9.17, 15) is 15.0 Å². The second kappa shape index (κ2) is 9.27. The molecule has 2 aromatic carbocycles. The zero-order chi connectivity index (χ0) is 26.7. The summed E-state index contributed by atoms with van der Waals surface area (Å²) in [5.74, 6) is 2.23. The summed E-state index contributed by atoms with van der Waals surface area (Å²) >= 11 is 0. The molecule has 2 aromatic rings. The van der Waals surface area contributed by atoms with E-state index in [1.54, 1.807) is 18.3 Å². The lowest BCUT2D eigenvalue weighted by molar-refractivity contribution is -0.0565. The minimum Gasteiger partial charge on any atom is -0.507 e. The number of rotatable bonds is 5. The van der Waals surface area contributed by atoms with Crippen LogP contribution in [-0.2, 0) is 10.2 Å². The molecule has 0 saturated heterocycles. The van der Waals surface area contributed by atoms with Crippen LogP contribution in [0.2, 0.25) is 0 Å². The van der Waals surface area contributed by atoms with Gasteiger partial charge in [0.15, 0.2) is 0 Å². The largest absolute Gasteiger partial charge is 0.507 e. The van der Waals surface area contributed by atoms with Gasteiger partial charge in [-0.05, 0) is 77.0 Å². The summed E-state index contributed by atoms with van der Waals surface area (Å²) < 4.78 is 5.89. The van der Waals surface area contributed by atoms with E-state index in [1.807, 2.05) is 30.3 Å². The molecule has 5 rings (SSSR count). The van der Waals surface area contributed by atoms with Crippen molar-refractivity contribution in [3.63, 3.8) is 0 Å². The predicted molar refractivity (Wildman–Crippen MR) is 146 cm³/mol. The molecule has 2 N–H and O–H groups in total. The molecule has 3 aliphatic carbocycles. The number of ether oxygens (including phenoxy) is 1. The van der Waals surface area contributed by atoms with Gasteiger partial charge in [0, 0.05) is 17.7 Å². The highest BCUT2D eigenvalue weighted by molar-refractivity contribution is 5.96. The maximum Gasteiger partial charge on any atom is 0.340 e. The first-order valence-corrected chi connectivity index (χ1v) is 13.8. The van der Waals surface area contributed by atoms with Crippen LogP contribution in [0.4, 0.5) is 5.69 Å².